The lowest BCUT2D eigenvalue weighted by Gasteiger charge is -2.07. The van der Waals surface area contributed by atoms with Crippen molar-refractivity contribution in [2.75, 3.05) is 6.54 Å². The molecule has 0 atom stereocenters. The maximum absolute atomic E-state index is 6.17. The van der Waals surface area contributed by atoms with Gasteiger partial charge in [0.2, 0.25) is 0 Å². The van der Waals surface area contributed by atoms with Gasteiger partial charge in [0.25, 0.3) is 0 Å². The van der Waals surface area contributed by atoms with E-state index in [9.17, 15) is 0 Å². The van der Waals surface area contributed by atoms with Crippen molar-refractivity contribution in [3.8, 4) is 5.75 Å². The van der Waals surface area contributed by atoms with Gasteiger partial charge in [-0.05, 0) is 37.6 Å². The molecule has 0 bridgehead atoms. The van der Waals surface area contributed by atoms with Gasteiger partial charge in [0.05, 0.1) is 5.69 Å². The van der Waals surface area contributed by atoms with E-state index in [1.54, 1.807) is 4.68 Å². The molecular weight excluding hydrogens is 262 g/mol. The molecule has 0 fully saturated rings. The van der Waals surface area contributed by atoms with Gasteiger partial charge < -0.3 is 10.5 Å². The molecule has 0 aliphatic rings. The number of aromatic nitrogens is 2. The van der Waals surface area contributed by atoms with Gasteiger partial charge in [-0.3, -0.25) is 4.68 Å². The van der Waals surface area contributed by atoms with Crippen LogP contribution < -0.4 is 10.5 Å². The predicted molar refractivity (Wildman–Crippen MR) is 76.5 cm³/mol. The predicted octanol–water partition coefficient (Wildman–Crippen LogP) is 2.46. The molecule has 1 aromatic carbocycles. The maximum atomic E-state index is 6.17. The van der Waals surface area contributed by atoms with Crippen molar-refractivity contribution in [3.63, 3.8) is 0 Å². The first-order valence-electron chi connectivity index (χ1n) is 6.21. The lowest BCUT2D eigenvalue weighted by molar-refractivity contribution is 0.305. The third-order valence-corrected chi connectivity index (χ3v) is 3.46. The summed E-state index contributed by atoms with van der Waals surface area (Å²) in [5, 5.41) is 4.88. The Morgan fingerprint density at radius 3 is 2.84 bits per heavy atom. The van der Waals surface area contributed by atoms with E-state index in [0.717, 1.165) is 23.4 Å². The van der Waals surface area contributed by atoms with Gasteiger partial charge in [0.1, 0.15) is 17.5 Å². The molecule has 4 nitrogen and oxygen atoms in total. The number of aryl methyl sites for hydroxylation is 2. The fraction of sp³-hybridized carbons (Fsp3) is 0.357. The van der Waals surface area contributed by atoms with Crippen molar-refractivity contribution in [1.29, 1.82) is 0 Å². The molecule has 5 heteroatoms. The second-order valence-corrected chi connectivity index (χ2v) is 4.81. The molecule has 0 aliphatic heterocycles. The van der Waals surface area contributed by atoms with Gasteiger partial charge in [-0.2, -0.15) is 5.10 Å². The van der Waals surface area contributed by atoms with Crippen LogP contribution in [-0.4, -0.2) is 16.3 Å². The average molecular weight is 280 g/mol. The molecule has 2 N–H and O–H groups in total. The van der Waals surface area contributed by atoms with Crippen molar-refractivity contribution >= 4 is 11.6 Å². The molecule has 2 aromatic rings. The van der Waals surface area contributed by atoms with E-state index < -0.39 is 0 Å². The van der Waals surface area contributed by atoms with E-state index in [4.69, 9.17) is 22.1 Å². The van der Waals surface area contributed by atoms with E-state index in [1.807, 2.05) is 38.2 Å². The highest BCUT2D eigenvalue weighted by Gasteiger charge is 2.11. The Morgan fingerprint density at radius 2 is 2.21 bits per heavy atom. The zero-order chi connectivity index (χ0) is 13.8. The van der Waals surface area contributed by atoms with E-state index in [0.29, 0.717) is 18.3 Å². The Kier molecular flexibility index (Phi) is 4.45. The first-order valence-corrected chi connectivity index (χ1v) is 6.59. The molecule has 0 saturated carbocycles. The largest absolute Gasteiger partial charge is 0.489 e. The number of nitrogens with two attached hydrogens (primary N) is 1. The smallest absolute Gasteiger partial charge is 0.133 e. The number of hydrogen-bond donors (Lipinski definition) is 1. The van der Waals surface area contributed by atoms with Crippen LogP contribution in [0, 0.1) is 6.92 Å². The quantitative estimate of drug-likeness (QED) is 0.915. The number of benzene rings is 1. The second kappa shape index (κ2) is 6.08. The van der Waals surface area contributed by atoms with Crippen LogP contribution in [-0.2, 0) is 20.1 Å². The van der Waals surface area contributed by atoms with Crippen LogP contribution in [0.3, 0.4) is 0 Å². The highest BCUT2D eigenvalue weighted by atomic mass is 35.5. The number of halogens is 1. The molecule has 0 amide bonds. The van der Waals surface area contributed by atoms with E-state index in [-0.39, 0.29) is 0 Å². The fourth-order valence-electron chi connectivity index (χ4n) is 1.95. The summed E-state index contributed by atoms with van der Waals surface area (Å²) in [6, 6.07) is 7.95. The molecule has 2 rings (SSSR count). The number of hydrogen-bond acceptors (Lipinski definition) is 3. The zero-order valence-electron chi connectivity index (χ0n) is 11.2. The van der Waals surface area contributed by atoms with E-state index >= 15 is 0 Å². The second-order valence-electron chi connectivity index (χ2n) is 4.45. The van der Waals surface area contributed by atoms with Gasteiger partial charge in [-0.15, -0.1) is 0 Å². The minimum atomic E-state index is 0.421. The van der Waals surface area contributed by atoms with Gasteiger partial charge in [0, 0.05) is 12.6 Å². The molecule has 0 unspecified atom stereocenters. The minimum absolute atomic E-state index is 0.421. The summed E-state index contributed by atoms with van der Waals surface area (Å²) in [5.41, 5.74) is 8.54. The van der Waals surface area contributed by atoms with Crippen LogP contribution in [0.1, 0.15) is 16.8 Å². The number of ether oxygens (including phenoxy) is 1. The van der Waals surface area contributed by atoms with Crippen molar-refractivity contribution in [3.05, 3.63) is 46.2 Å². The fourth-order valence-corrected chi connectivity index (χ4v) is 2.18. The molecule has 0 spiro atoms. The molecule has 19 heavy (non-hydrogen) atoms. The van der Waals surface area contributed by atoms with Crippen LogP contribution >= 0.6 is 11.6 Å². The summed E-state index contributed by atoms with van der Waals surface area (Å²) in [4.78, 5) is 0. The Labute approximate surface area is 118 Å². The lowest BCUT2D eigenvalue weighted by Crippen LogP contribution is -2.03. The molecule has 1 heterocycles. The van der Waals surface area contributed by atoms with Crippen LogP contribution in [0.15, 0.2) is 24.3 Å². The minimum Gasteiger partial charge on any atom is -0.489 e. The molecule has 0 radical (unpaired) electrons. The lowest BCUT2D eigenvalue weighted by atomic mass is 10.1. The summed E-state index contributed by atoms with van der Waals surface area (Å²) < 4.78 is 7.43. The SMILES string of the molecule is Cc1nn(C)c(Cl)c1COc1cccc(CCN)c1. The van der Waals surface area contributed by atoms with Gasteiger partial charge in [-0.1, -0.05) is 23.7 Å². The van der Waals surface area contributed by atoms with Crippen LogP contribution in [0.5, 0.6) is 5.75 Å². The standard InChI is InChI=1S/C14H18ClN3O/c1-10-13(14(15)18(2)17-10)9-19-12-5-3-4-11(8-12)6-7-16/h3-5,8H,6-7,9,16H2,1-2H3. The van der Waals surface area contributed by atoms with Crippen molar-refractivity contribution in [1.82, 2.24) is 9.78 Å². The maximum Gasteiger partial charge on any atom is 0.133 e. The summed E-state index contributed by atoms with van der Waals surface area (Å²) >= 11 is 6.17. The number of rotatable bonds is 5. The summed E-state index contributed by atoms with van der Waals surface area (Å²) in [5.74, 6) is 0.824. The highest BCUT2D eigenvalue weighted by molar-refractivity contribution is 6.30. The molecule has 102 valence electrons. The van der Waals surface area contributed by atoms with Crippen molar-refractivity contribution in [2.24, 2.45) is 12.8 Å². The van der Waals surface area contributed by atoms with Crippen molar-refractivity contribution in [2.45, 2.75) is 20.0 Å². The molecule has 0 saturated heterocycles. The van der Waals surface area contributed by atoms with E-state index in [2.05, 4.69) is 5.10 Å². The molecule has 0 aliphatic carbocycles. The summed E-state index contributed by atoms with van der Waals surface area (Å²) in [7, 11) is 1.82. The first kappa shape index (κ1) is 13.9. The zero-order valence-corrected chi connectivity index (χ0v) is 11.9. The van der Waals surface area contributed by atoms with Gasteiger partial charge in [0.15, 0.2) is 0 Å². The summed E-state index contributed by atoms with van der Waals surface area (Å²) in [6.07, 6.45) is 0.851. The Hall–Kier alpha value is -1.52. The van der Waals surface area contributed by atoms with Gasteiger partial charge in [-0.25, -0.2) is 0 Å². The van der Waals surface area contributed by atoms with Gasteiger partial charge >= 0.3 is 0 Å². The number of nitrogens with zero attached hydrogens (tertiary/aromatic N) is 2. The van der Waals surface area contributed by atoms with E-state index in [1.165, 1.54) is 5.56 Å². The first-order chi connectivity index (χ1) is 9.11. The van der Waals surface area contributed by atoms with Crippen LogP contribution in [0.4, 0.5) is 0 Å². The normalized spacial score (nSPS) is 10.7. The third-order valence-electron chi connectivity index (χ3n) is 2.98. The Bertz CT molecular complexity index is 566. The Morgan fingerprint density at radius 1 is 1.42 bits per heavy atom. The Balaban J connectivity index is 2.08. The monoisotopic (exact) mass is 279 g/mol. The summed E-state index contributed by atoms with van der Waals surface area (Å²) in [6.45, 7) is 2.98. The molecule has 1 aromatic heterocycles. The third kappa shape index (κ3) is 3.28. The van der Waals surface area contributed by atoms with Crippen molar-refractivity contribution < 1.29 is 4.74 Å². The van der Waals surface area contributed by atoms with Crippen LogP contribution in [0.25, 0.3) is 0 Å². The molecular formula is C14H18ClN3O. The topological polar surface area (TPSA) is 53.1 Å². The average Bonchev–Trinajstić information content (AvgIpc) is 2.62. The highest BCUT2D eigenvalue weighted by Crippen LogP contribution is 2.21. The van der Waals surface area contributed by atoms with Crippen LogP contribution in [0.2, 0.25) is 5.15 Å².